The maximum atomic E-state index is 11.7. The Morgan fingerprint density at radius 2 is 2.12 bits per heavy atom. The van der Waals surface area contributed by atoms with E-state index >= 15 is 0 Å². The van der Waals surface area contributed by atoms with Crippen molar-refractivity contribution in [3.05, 3.63) is 11.1 Å². The van der Waals surface area contributed by atoms with Crippen LogP contribution < -0.4 is 5.32 Å². The summed E-state index contributed by atoms with van der Waals surface area (Å²) in [6, 6.07) is 0.333. The highest BCUT2D eigenvalue weighted by Crippen LogP contribution is 2.20. The topological polar surface area (TPSA) is 95.8 Å². The van der Waals surface area contributed by atoms with Crippen molar-refractivity contribution >= 4 is 20.9 Å². The Balaban J connectivity index is 1.98. The maximum absolute atomic E-state index is 11.7. The largest absolute Gasteiger partial charge is 0.476 e. The highest BCUT2D eigenvalue weighted by atomic mass is 32.2. The van der Waals surface area contributed by atoms with E-state index in [9.17, 15) is 13.2 Å². The van der Waals surface area contributed by atoms with Crippen molar-refractivity contribution in [1.82, 2.24) is 5.32 Å². The van der Waals surface area contributed by atoms with Crippen LogP contribution in [-0.4, -0.2) is 37.1 Å². The first kappa shape index (κ1) is 12.3. The summed E-state index contributed by atoms with van der Waals surface area (Å²) in [6.07, 6.45) is 5.52. The number of sulfone groups is 1. The van der Waals surface area contributed by atoms with Crippen LogP contribution in [-0.2, 0) is 14.6 Å². The van der Waals surface area contributed by atoms with Crippen molar-refractivity contribution in [2.24, 2.45) is 4.99 Å². The fraction of sp³-hybridized carbons (Fsp3) is 0.600. The fourth-order valence-corrected chi connectivity index (χ4v) is 3.21. The summed E-state index contributed by atoms with van der Waals surface area (Å²) >= 11 is 0. The summed E-state index contributed by atoms with van der Waals surface area (Å²) in [7, 11) is -3.87. The lowest BCUT2D eigenvalue weighted by molar-refractivity contribution is -0.129. The highest BCUT2D eigenvalue weighted by Gasteiger charge is 2.34. The molecule has 0 spiro atoms. The molecule has 0 radical (unpaired) electrons. The van der Waals surface area contributed by atoms with Gasteiger partial charge in [0.05, 0.1) is 4.91 Å². The van der Waals surface area contributed by atoms with Gasteiger partial charge in [-0.05, 0) is 12.8 Å². The molecule has 1 aliphatic heterocycles. The maximum Gasteiger partial charge on any atom is 0.366 e. The molecule has 94 valence electrons. The van der Waals surface area contributed by atoms with E-state index in [4.69, 9.17) is 5.11 Å². The lowest BCUT2D eigenvalue weighted by Crippen LogP contribution is -2.31. The van der Waals surface area contributed by atoms with Gasteiger partial charge in [0.15, 0.2) is 0 Å². The van der Waals surface area contributed by atoms with Gasteiger partial charge in [-0.2, -0.15) is 0 Å². The van der Waals surface area contributed by atoms with Gasteiger partial charge in [-0.1, -0.05) is 12.8 Å². The molecule has 0 aromatic carbocycles. The van der Waals surface area contributed by atoms with Crippen LogP contribution in [0.5, 0.6) is 0 Å². The second-order valence-corrected chi connectivity index (χ2v) is 6.12. The van der Waals surface area contributed by atoms with Crippen molar-refractivity contribution in [1.29, 1.82) is 0 Å². The molecule has 0 aromatic rings. The van der Waals surface area contributed by atoms with Crippen molar-refractivity contribution in [2.75, 3.05) is 6.54 Å². The molecule has 1 fully saturated rings. The Hall–Kier alpha value is -1.21. The molecule has 17 heavy (non-hydrogen) atoms. The van der Waals surface area contributed by atoms with E-state index in [0.29, 0.717) is 6.04 Å². The number of nitrogens with one attached hydrogen (secondary N) is 1. The highest BCUT2D eigenvalue weighted by molar-refractivity contribution is 8.11. The molecule has 7 heteroatoms. The van der Waals surface area contributed by atoms with Crippen LogP contribution in [0.25, 0.3) is 0 Å². The third-order valence-corrected chi connectivity index (χ3v) is 4.76. The number of carboxylic acid groups (broad SMARTS) is 1. The van der Waals surface area contributed by atoms with Crippen molar-refractivity contribution in [2.45, 2.75) is 31.7 Å². The molecule has 2 rings (SSSR count). The lowest BCUT2D eigenvalue weighted by Gasteiger charge is -2.11. The first-order valence-electron chi connectivity index (χ1n) is 5.50. The molecule has 0 bridgehead atoms. The van der Waals surface area contributed by atoms with Gasteiger partial charge in [0.1, 0.15) is 0 Å². The average molecular weight is 258 g/mol. The van der Waals surface area contributed by atoms with E-state index in [0.717, 1.165) is 31.9 Å². The molecule has 0 aromatic heterocycles. The first-order chi connectivity index (χ1) is 8.01. The van der Waals surface area contributed by atoms with Crippen LogP contribution >= 0.6 is 0 Å². The van der Waals surface area contributed by atoms with E-state index in [1.54, 1.807) is 0 Å². The SMILES string of the molecule is O=C(O)C1=NC=C(CNC2CCCC2)S1(=O)=O. The zero-order valence-corrected chi connectivity index (χ0v) is 10.0. The molecule has 1 heterocycles. The zero-order chi connectivity index (χ0) is 12.5. The summed E-state index contributed by atoms with van der Waals surface area (Å²) in [5.74, 6) is -1.50. The van der Waals surface area contributed by atoms with Crippen molar-refractivity contribution in [3.63, 3.8) is 0 Å². The van der Waals surface area contributed by atoms with Gasteiger partial charge in [0.25, 0.3) is 0 Å². The van der Waals surface area contributed by atoms with Crippen LogP contribution in [0, 0.1) is 0 Å². The van der Waals surface area contributed by atoms with Gasteiger partial charge in [-0.3, -0.25) is 0 Å². The smallest absolute Gasteiger partial charge is 0.366 e. The summed E-state index contributed by atoms with van der Waals surface area (Å²) in [5, 5.41) is 11.0. The Morgan fingerprint density at radius 1 is 1.47 bits per heavy atom. The molecule has 0 saturated heterocycles. The van der Waals surface area contributed by atoms with Crippen LogP contribution in [0.4, 0.5) is 0 Å². The number of aliphatic carboxylic acids is 1. The summed E-state index contributed by atoms with van der Waals surface area (Å²) in [4.78, 5) is 14.1. The van der Waals surface area contributed by atoms with Crippen LogP contribution in [0.2, 0.25) is 0 Å². The second kappa shape index (κ2) is 4.58. The third kappa shape index (κ3) is 2.39. The standard InChI is InChI=1S/C10H14N2O4S/c13-10(14)9-12-6-8(17(9,15)16)5-11-7-3-1-2-4-7/h6-7,11H,1-5H2,(H,13,14). The second-order valence-electron chi connectivity index (χ2n) is 4.20. The first-order valence-corrected chi connectivity index (χ1v) is 6.99. The Labute approximate surface area is 99.3 Å². The van der Waals surface area contributed by atoms with Gasteiger partial charge in [0.2, 0.25) is 14.9 Å². The van der Waals surface area contributed by atoms with E-state index in [-0.39, 0.29) is 11.4 Å². The quantitative estimate of drug-likeness (QED) is 0.754. The molecule has 0 atom stereocenters. The van der Waals surface area contributed by atoms with Crippen LogP contribution in [0.1, 0.15) is 25.7 Å². The number of hydrogen-bond donors (Lipinski definition) is 2. The molecule has 1 saturated carbocycles. The van der Waals surface area contributed by atoms with Gasteiger partial charge in [0, 0.05) is 18.8 Å². The van der Waals surface area contributed by atoms with E-state index in [1.165, 1.54) is 0 Å². The summed E-state index contributed by atoms with van der Waals surface area (Å²) in [5.41, 5.74) is 0. The van der Waals surface area contributed by atoms with Gasteiger partial charge in [-0.15, -0.1) is 0 Å². The summed E-state index contributed by atoms with van der Waals surface area (Å²) in [6.45, 7) is 0.160. The zero-order valence-electron chi connectivity index (χ0n) is 9.22. The van der Waals surface area contributed by atoms with Crippen molar-refractivity contribution in [3.8, 4) is 0 Å². The number of rotatable bonds is 4. The predicted molar refractivity (Wildman–Crippen MR) is 62.3 cm³/mol. The Morgan fingerprint density at radius 3 is 2.65 bits per heavy atom. The number of aliphatic imine (C=N–C) groups is 1. The summed E-state index contributed by atoms with van der Waals surface area (Å²) < 4.78 is 23.4. The monoisotopic (exact) mass is 258 g/mol. The molecule has 0 unspecified atom stereocenters. The molecular formula is C10H14N2O4S. The molecular weight excluding hydrogens is 244 g/mol. The van der Waals surface area contributed by atoms with E-state index in [2.05, 4.69) is 10.3 Å². The number of nitrogens with zero attached hydrogens (tertiary/aromatic N) is 1. The third-order valence-electron chi connectivity index (χ3n) is 3.03. The number of carboxylic acids is 1. The average Bonchev–Trinajstić information content (AvgIpc) is 2.82. The Bertz CT molecular complexity index is 486. The lowest BCUT2D eigenvalue weighted by atomic mass is 10.2. The molecule has 2 N–H and O–H groups in total. The minimum absolute atomic E-state index is 0.0433. The van der Waals surface area contributed by atoms with Crippen molar-refractivity contribution < 1.29 is 18.3 Å². The molecule has 6 nitrogen and oxygen atoms in total. The van der Waals surface area contributed by atoms with Gasteiger partial charge in [-0.25, -0.2) is 18.2 Å². The van der Waals surface area contributed by atoms with E-state index < -0.39 is 20.9 Å². The van der Waals surface area contributed by atoms with Gasteiger partial charge < -0.3 is 10.4 Å². The van der Waals surface area contributed by atoms with Gasteiger partial charge >= 0.3 is 5.97 Å². The number of hydrogen-bond acceptors (Lipinski definition) is 5. The minimum Gasteiger partial charge on any atom is -0.476 e. The van der Waals surface area contributed by atoms with Crippen LogP contribution in [0.3, 0.4) is 0 Å². The van der Waals surface area contributed by atoms with Crippen LogP contribution in [0.15, 0.2) is 16.1 Å². The molecule has 1 aliphatic carbocycles. The Kier molecular flexibility index (Phi) is 3.30. The minimum atomic E-state index is -3.87. The van der Waals surface area contributed by atoms with E-state index in [1.807, 2.05) is 0 Å². The molecule has 2 aliphatic rings. The number of carbonyl (C=O) groups is 1. The normalized spacial score (nSPS) is 23.5. The predicted octanol–water partition coefficient (Wildman–Crippen LogP) is 0.271. The fourth-order valence-electron chi connectivity index (χ4n) is 2.08. The molecule has 0 amide bonds.